The molecule has 0 radical (unpaired) electrons. The third-order valence-electron chi connectivity index (χ3n) is 4.82. The van der Waals surface area contributed by atoms with E-state index in [1.165, 1.54) is 32.4 Å². The number of nitrogens with one attached hydrogen (secondary N) is 2. The summed E-state index contributed by atoms with van der Waals surface area (Å²) in [5, 5.41) is 5.75. The van der Waals surface area contributed by atoms with E-state index in [1.807, 2.05) is 30.3 Å². The monoisotopic (exact) mass is 332 g/mol. The van der Waals surface area contributed by atoms with Crippen molar-refractivity contribution in [1.82, 2.24) is 15.1 Å². The highest BCUT2D eigenvalue weighted by Crippen LogP contribution is 2.14. The number of nitrogens with zero attached hydrogens (tertiary/aromatic N) is 2. The summed E-state index contributed by atoms with van der Waals surface area (Å²) in [5.74, 6) is 0. The Balaban J connectivity index is 1.48. The van der Waals surface area contributed by atoms with Crippen LogP contribution in [0.5, 0.6) is 0 Å². The summed E-state index contributed by atoms with van der Waals surface area (Å²) in [6, 6.07) is 10.2. The number of amides is 2. The summed E-state index contributed by atoms with van der Waals surface area (Å²) in [4.78, 5) is 16.7. The lowest BCUT2D eigenvalue weighted by molar-refractivity contribution is 0.142. The van der Waals surface area contributed by atoms with E-state index >= 15 is 0 Å². The number of piperidine rings is 1. The van der Waals surface area contributed by atoms with E-state index in [2.05, 4.69) is 34.5 Å². The molecule has 2 N–H and O–H groups in total. The van der Waals surface area contributed by atoms with Gasteiger partial charge in [-0.2, -0.15) is 0 Å². The van der Waals surface area contributed by atoms with Gasteiger partial charge in [0, 0.05) is 18.3 Å². The lowest BCUT2D eigenvalue weighted by Crippen LogP contribution is -2.42. The second-order valence-corrected chi connectivity index (χ2v) is 6.82. The smallest absolute Gasteiger partial charge is 0.319 e. The molecule has 24 heavy (non-hydrogen) atoms. The van der Waals surface area contributed by atoms with Crippen molar-refractivity contribution in [2.45, 2.75) is 38.1 Å². The molecular weight excluding hydrogens is 300 g/mol. The number of rotatable bonds is 8. The summed E-state index contributed by atoms with van der Waals surface area (Å²) in [6.45, 7) is 4.33. The van der Waals surface area contributed by atoms with Crippen LogP contribution in [0.2, 0.25) is 0 Å². The first-order chi connectivity index (χ1) is 11.6. The topological polar surface area (TPSA) is 47.6 Å². The van der Waals surface area contributed by atoms with Crippen LogP contribution in [0.25, 0.3) is 0 Å². The minimum absolute atomic E-state index is 0.121. The molecule has 1 fully saturated rings. The maximum absolute atomic E-state index is 11.8. The number of anilines is 1. The van der Waals surface area contributed by atoms with Crippen molar-refractivity contribution in [3.8, 4) is 0 Å². The summed E-state index contributed by atoms with van der Waals surface area (Å²) >= 11 is 0. The van der Waals surface area contributed by atoms with E-state index in [0.717, 1.165) is 37.7 Å². The zero-order valence-corrected chi connectivity index (χ0v) is 15.1. The van der Waals surface area contributed by atoms with Crippen molar-refractivity contribution < 1.29 is 4.79 Å². The number of carbonyl (C=O) groups is 1. The van der Waals surface area contributed by atoms with Crippen molar-refractivity contribution in [3.05, 3.63) is 30.3 Å². The van der Waals surface area contributed by atoms with Crippen molar-refractivity contribution >= 4 is 11.7 Å². The summed E-state index contributed by atoms with van der Waals surface area (Å²) in [6.07, 6.45) is 5.96. The van der Waals surface area contributed by atoms with E-state index in [1.54, 1.807) is 0 Å². The van der Waals surface area contributed by atoms with E-state index in [0.29, 0.717) is 0 Å². The second-order valence-electron chi connectivity index (χ2n) is 6.82. The molecule has 0 aromatic heterocycles. The van der Waals surface area contributed by atoms with Gasteiger partial charge in [-0.1, -0.05) is 24.6 Å². The highest BCUT2D eigenvalue weighted by Gasteiger charge is 2.19. The molecule has 1 saturated heterocycles. The minimum Gasteiger partial charge on any atom is -0.338 e. The van der Waals surface area contributed by atoms with E-state index in [-0.39, 0.29) is 6.03 Å². The van der Waals surface area contributed by atoms with E-state index in [4.69, 9.17) is 0 Å². The van der Waals surface area contributed by atoms with Gasteiger partial charge in [0.25, 0.3) is 0 Å². The number of urea groups is 1. The van der Waals surface area contributed by atoms with Crippen molar-refractivity contribution in [2.75, 3.05) is 45.6 Å². The average molecular weight is 332 g/mol. The van der Waals surface area contributed by atoms with Gasteiger partial charge in [-0.3, -0.25) is 0 Å². The number of likely N-dealkylation sites (tertiary alicyclic amines) is 1. The fraction of sp³-hybridized carbons (Fsp3) is 0.632. The largest absolute Gasteiger partial charge is 0.338 e. The first-order valence-electron chi connectivity index (χ1n) is 9.14. The molecule has 1 aromatic rings. The zero-order valence-electron chi connectivity index (χ0n) is 15.1. The van der Waals surface area contributed by atoms with Crippen molar-refractivity contribution in [3.63, 3.8) is 0 Å². The fourth-order valence-electron chi connectivity index (χ4n) is 3.18. The van der Waals surface area contributed by atoms with Crippen LogP contribution in [0.15, 0.2) is 30.3 Å². The van der Waals surface area contributed by atoms with Crippen LogP contribution in [0.3, 0.4) is 0 Å². The Morgan fingerprint density at radius 1 is 1.17 bits per heavy atom. The van der Waals surface area contributed by atoms with Crippen LogP contribution in [0.1, 0.15) is 32.1 Å². The SMILES string of the molecule is CN1CCC(N(C)CCCCCNC(=O)Nc2ccccc2)CC1. The first-order valence-corrected chi connectivity index (χ1v) is 9.14. The van der Waals surface area contributed by atoms with Gasteiger partial charge < -0.3 is 20.4 Å². The molecule has 2 amide bonds. The normalized spacial score (nSPS) is 16.3. The molecule has 1 aliphatic rings. The van der Waals surface area contributed by atoms with Crippen LogP contribution in [-0.2, 0) is 0 Å². The van der Waals surface area contributed by atoms with Gasteiger partial charge in [0.15, 0.2) is 0 Å². The third kappa shape index (κ3) is 6.89. The maximum atomic E-state index is 11.8. The van der Waals surface area contributed by atoms with Crippen LogP contribution in [0, 0.1) is 0 Å². The standard InChI is InChI=1S/C19H32N4O/c1-22-15-11-18(12-16-22)23(2)14-8-4-7-13-20-19(24)21-17-9-5-3-6-10-17/h3,5-6,9-10,18H,4,7-8,11-16H2,1-2H3,(H2,20,21,24). The third-order valence-corrected chi connectivity index (χ3v) is 4.82. The van der Waals surface area contributed by atoms with Gasteiger partial charge >= 0.3 is 6.03 Å². The molecule has 1 aliphatic heterocycles. The highest BCUT2D eigenvalue weighted by molar-refractivity contribution is 5.89. The second kappa shape index (κ2) is 10.3. The molecule has 1 aromatic carbocycles. The molecule has 0 aliphatic carbocycles. The van der Waals surface area contributed by atoms with Crippen molar-refractivity contribution in [1.29, 1.82) is 0 Å². The number of carbonyl (C=O) groups excluding carboxylic acids is 1. The van der Waals surface area contributed by atoms with Gasteiger partial charge in [-0.15, -0.1) is 0 Å². The number of hydrogen-bond donors (Lipinski definition) is 2. The molecule has 0 saturated carbocycles. The molecule has 5 nitrogen and oxygen atoms in total. The first kappa shape index (κ1) is 18.7. The molecule has 2 rings (SSSR count). The Morgan fingerprint density at radius 2 is 1.88 bits per heavy atom. The lowest BCUT2D eigenvalue weighted by Gasteiger charge is -2.35. The Hall–Kier alpha value is -1.59. The molecule has 0 bridgehead atoms. The van der Waals surface area contributed by atoms with Gasteiger partial charge in [0.05, 0.1) is 0 Å². The van der Waals surface area contributed by atoms with Crippen LogP contribution < -0.4 is 10.6 Å². The Kier molecular flexibility index (Phi) is 8.05. The van der Waals surface area contributed by atoms with Gasteiger partial charge in [-0.05, 0) is 71.5 Å². The summed E-state index contributed by atoms with van der Waals surface area (Å²) < 4.78 is 0. The van der Waals surface area contributed by atoms with Gasteiger partial charge in [0.1, 0.15) is 0 Å². The number of para-hydroxylation sites is 1. The highest BCUT2D eigenvalue weighted by atomic mass is 16.2. The van der Waals surface area contributed by atoms with Crippen LogP contribution >= 0.6 is 0 Å². The van der Waals surface area contributed by atoms with Gasteiger partial charge in [0.2, 0.25) is 0 Å². The maximum Gasteiger partial charge on any atom is 0.319 e. The fourth-order valence-corrected chi connectivity index (χ4v) is 3.18. The Morgan fingerprint density at radius 3 is 2.58 bits per heavy atom. The average Bonchev–Trinajstić information content (AvgIpc) is 2.59. The Bertz CT molecular complexity index is 472. The van der Waals surface area contributed by atoms with Gasteiger partial charge in [-0.25, -0.2) is 4.79 Å². The molecule has 134 valence electrons. The zero-order chi connectivity index (χ0) is 17.2. The molecule has 5 heteroatoms. The molecule has 0 atom stereocenters. The lowest BCUT2D eigenvalue weighted by atomic mass is 10.0. The summed E-state index contributed by atoms with van der Waals surface area (Å²) in [7, 11) is 4.46. The number of hydrogen-bond acceptors (Lipinski definition) is 3. The van der Waals surface area contributed by atoms with Crippen molar-refractivity contribution in [2.24, 2.45) is 0 Å². The number of benzene rings is 1. The van der Waals surface area contributed by atoms with Crippen LogP contribution in [-0.4, -0.2) is 62.1 Å². The number of unbranched alkanes of at least 4 members (excludes halogenated alkanes) is 2. The summed E-state index contributed by atoms with van der Waals surface area (Å²) in [5.41, 5.74) is 0.828. The predicted octanol–water partition coefficient (Wildman–Crippen LogP) is 3.00. The molecule has 0 unspecified atom stereocenters. The van der Waals surface area contributed by atoms with E-state index < -0.39 is 0 Å². The quantitative estimate of drug-likeness (QED) is 0.720. The molecular formula is C19H32N4O. The predicted molar refractivity (Wildman–Crippen MR) is 100 cm³/mol. The minimum atomic E-state index is -0.121. The Labute approximate surface area is 146 Å². The van der Waals surface area contributed by atoms with E-state index in [9.17, 15) is 4.79 Å². The molecule has 0 spiro atoms. The molecule has 1 heterocycles. The van der Waals surface area contributed by atoms with Crippen LogP contribution in [0.4, 0.5) is 10.5 Å².